The maximum Gasteiger partial charge on any atom is 0.242 e. The fraction of sp³-hybridized carbons (Fsp3) is 0.438. The quantitative estimate of drug-likeness (QED) is 0.351. The number of methoxy groups -OCH3 is 2. The number of anilines is 1. The second kappa shape index (κ2) is 14.0. The van der Waals surface area contributed by atoms with Gasteiger partial charge in [0.25, 0.3) is 0 Å². The molecule has 0 saturated carbocycles. The summed E-state index contributed by atoms with van der Waals surface area (Å²) in [5, 5.41) is 8.96. The lowest BCUT2D eigenvalue weighted by molar-refractivity contribution is -0.142. The molecule has 0 radical (unpaired) electrons. The number of nitrogens with zero attached hydrogens (tertiary/aromatic N) is 5. The van der Waals surface area contributed by atoms with Gasteiger partial charge in [0.05, 0.1) is 26.0 Å². The first-order chi connectivity index (χ1) is 19.8. The van der Waals surface area contributed by atoms with Gasteiger partial charge in [-0.25, -0.2) is 0 Å². The van der Waals surface area contributed by atoms with Crippen LogP contribution in [0.3, 0.4) is 0 Å². The minimum Gasteiger partial charge on any atom is -0.497 e. The molecule has 4 rings (SSSR count). The zero-order chi connectivity index (χ0) is 29.4. The van der Waals surface area contributed by atoms with Gasteiger partial charge in [0.1, 0.15) is 18.0 Å². The van der Waals surface area contributed by atoms with Gasteiger partial charge in [-0.2, -0.15) is 0 Å². The molecular formula is C32H41N5O4. The molecule has 1 atom stereocenters. The predicted molar refractivity (Wildman–Crippen MR) is 160 cm³/mol. The fourth-order valence-electron chi connectivity index (χ4n) is 5.11. The highest BCUT2D eigenvalue weighted by atomic mass is 16.5. The van der Waals surface area contributed by atoms with E-state index in [1.165, 1.54) is 0 Å². The van der Waals surface area contributed by atoms with Crippen molar-refractivity contribution in [2.45, 2.75) is 39.7 Å². The fourth-order valence-corrected chi connectivity index (χ4v) is 5.11. The summed E-state index contributed by atoms with van der Waals surface area (Å²) in [5.74, 6) is 2.33. The SMILES string of the molecule is COc1ccc(-c2ccc(N3CCCN(C(=O)CN(C(=O)CC(C)C)[C@@H](C)c4ccccc4)CC3)nn2)c(OC)c1. The van der Waals surface area contributed by atoms with Crippen LogP contribution in [-0.2, 0) is 9.59 Å². The summed E-state index contributed by atoms with van der Waals surface area (Å²) in [6, 6.07) is 19.2. The van der Waals surface area contributed by atoms with E-state index in [4.69, 9.17) is 9.47 Å². The lowest BCUT2D eigenvalue weighted by atomic mass is 10.0. The van der Waals surface area contributed by atoms with Crippen LogP contribution in [-0.4, -0.2) is 78.8 Å². The van der Waals surface area contributed by atoms with E-state index >= 15 is 0 Å². The molecule has 1 fully saturated rings. The summed E-state index contributed by atoms with van der Waals surface area (Å²) in [6.45, 7) is 8.71. The topological polar surface area (TPSA) is 88.1 Å². The number of carbonyl (C=O) groups excluding carboxylic acids is 2. The van der Waals surface area contributed by atoms with E-state index in [0.29, 0.717) is 43.2 Å². The lowest BCUT2D eigenvalue weighted by Gasteiger charge is -2.32. The van der Waals surface area contributed by atoms with Crippen LogP contribution in [0.25, 0.3) is 11.3 Å². The highest BCUT2D eigenvalue weighted by molar-refractivity contribution is 5.85. The van der Waals surface area contributed by atoms with Crippen LogP contribution in [0.2, 0.25) is 0 Å². The van der Waals surface area contributed by atoms with Crippen molar-refractivity contribution < 1.29 is 19.1 Å². The zero-order valence-electron chi connectivity index (χ0n) is 24.7. The largest absolute Gasteiger partial charge is 0.497 e. The van der Waals surface area contributed by atoms with Crippen molar-refractivity contribution in [1.29, 1.82) is 0 Å². The van der Waals surface area contributed by atoms with Crippen LogP contribution >= 0.6 is 0 Å². The van der Waals surface area contributed by atoms with E-state index in [0.717, 1.165) is 29.9 Å². The molecule has 2 amide bonds. The second-order valence-corrected chi connectivity index (χ2v) is 10.8. The first-order valence-corrected chi connectivity index (χ1v) is 14.2. The Morgan fingerprint density at radius 1 is 0.902 bits per heavy atom. The van der Waals surface area contributed by atoms with Crippen molar-refractivity contribution in [2.75, 3.05) is 51.8 Å². The van der Waals surface area contributed by atoms with E-state index in [1.54, 1.807) is 19.1 Å². The Bertz CT molecular complexity index is 1300. The standard InChI is InChI=1S/C32H41N5O4/c1-23(2)20-31(38)37(24(3)25-10-7-6-8-11-25)22-32(39)36-17-9-16-35(18-19-36)30-15-14-28(33-34-30)27-13-12-26(40-4)21-29(27)41-5/h6-8,10-15,21,23-24H,9,16-20,22H2,1-5H3/t24-/m0/s1. The molecule has 0 N–H and O–H groups in total. The maximum absolute atomic E-state index is 13.5. The molecule has 1 aliphatic heterocycles. The van der Waals surface area contributed by atoms with Crippen LogP contribution in [0.1, 0.15) is 45.2 Å². The molecule has 2 aromatic carbocycles. The molecule has 41 heavy (non-hydrogen) atoms. The smallest absolute Gasteiger partial charge is 0.242 e. The molecule has 0 spiro atoms. The van der Waals surface area contributed by atoms with E-state index in [1.807, 2.05) is 86.3 Å². The number of carbonyl (C=O) groups is 2. The van der Waals surface area contributed by atoms with Crippen LogP contribution in [0, 0.1) is 5.92 Å². The molecule has 9 heteroatoms. The molecule has 2 heterocycles. The number of ether oxygens (including phenoxy) is 2. The van der Waals surface area contributed by atoms with E-state index in [9.17, 15) is 9.59 Å². The third-order valence-electron chi connectivity index (χ3n) is 7.47. The Hall–Kier alpha value is -4.14. The average molecular weight is 560 g/mol. The van der Waals surface area contributed by atoms with Crippen molar-refractivity contribution in [3.63, 3.8) is 0 Å². The first kappa shape index (κ1) is 29.8. The minimum absolute atomic E-state index is 0.00464. The van der Waals surface area contributed by atoms with Gasteiger partial charge in [0, 0.05) is 44.2 Å². The number of hydrogen-bond acceptors (Lipinski definition) is 7. The molecule has 1 aromatic heterocycles. The van der Waals surface area contributed by atoms with Gasteiger partial charge >= 0.3 is 0 Å². The van der Waals surface area contributed by atoms with Crippen LogP contribution < -0.4 is 14.4 Å². The van der Waals surface area contributed by atoms with Crippen LogP contribution in [0.5, 0.6) is 11.5 Å². The molecule has 3 aromatic rings. The monoisotopic (exact) mass is 559 g/mol. The van der Waals surface area contributed by atoms with Gasteiger partial charge in [0.15, 0.2) is 5.82 Å². The number of rotatable bonds is 10. The maximum atomic E-state index is 13.5. The Balaban J connectivity index is 1.42. The van der Waals surface area contributed by atoms with Gasteiger partial charge in [0.2, 0.25) is 11.8 Å². The number of amides is 2. The minimum atomic E-state index is -0.187. The van der Waals surface area contributed by atoms with Crippen molar-refractivity contribution in [1.82, 2.24) is 20.0 Å². The Labute approximate surface area is 243 Å². The van der Waals surface area contributed by atoms with Gasteiger partial charge in [-0.05, 0) is 49.1 Å². The Kier molecular flexibility index (Phi) is 10.2. The van der Waals surface area contributed by atoms with Gasteiger partial charge < -0.3 is 24.2 Å². The first-order valence-electron chi connectivity index (χ1n) is 14.2. The van der Waals surface area contributed by atoms with E-state index < -0.39 is 0 Å². The third kappa shape index (κ3) is 7.54. The van der Waals surface area contributed by atoms with Crippen molar-refractivity contribution >= 4 is 17.6 Å². The number of benzene rings is 2. The molecule has 0 aliphatic carbocycles. The number of aromatic nitrogens is 2. The summed E-state index contributed by atoms with van der Waals surface area (Å²) in [7, 11) is 3.23. The molecule has 0 bridgehead atoms. The van der Waals surface area contributed by atoms with Crippen LogP contribution in [0.15, 0.2) is 60.7 Å². The highest BCUT2D eigenvalue weighted by Crippen LogP contribution is 2.32. The van der Waals surface area contributed by atoms with Gasteiger partial charge in [-0.3, -0.25) is 9.59 Å². The molecule has 9 nitrogen and oxygen atoms in total. The van der Waals surface area contributed by atoms with Crippen molar-refractivity contribution in [3.8, 4) is 22.8 Å². The predicted octanol–water partition coefficient (Wildman–Crippen LogP) is 4.84. The normalized spacial score (nSPS) is 14.4. The molecule has 0 unspecified atom stereocenters. The summed E-state index contributed by atoms with van der Waals surface area (Å²) in [4.78, 5) is 32.5. The summed E-state index contributed by atoms with van der Waals surface area (Å²) in [5.41, 5.74) is 2.56. The van der Waals surface area contributed by atoms with Crippen molar-refractivity contribution in [3.05, 3.63) is 66.2 Å². The molecule has 218 valence electrons. The van der Waals surface area contributed by atoms with Crippen molar-refractivity contribution in [2.24, 2.45) is 5.92 Å². The summed E-state index contributed by atoms with van der Waals surface area (Å²) >= 11 is 0. The zero-order valence-corrected chi connectivity index (χ0v) is 24.7. The van der Waals surface area contributed by atoms with Gasteiger partial charge in [-0.15, -0.1) is 10.2 Å². The van der Waals surface area contributed by atoms with Crippen LogP contribution in [0.4, 0.5) is 5.82 Å². The van der Waals surface area contributed by atoms with Gasteiger partial charge in [-0.1, -0.05) is 44.2 Å². The number of hydrogen-bond donors (Lipinski definition) is 0. The molecular weight excluding hydrogens is 518 g/mol. The molecule has 1 aliphatic rings. The third-order valence-corrected chi connectivity index (χ3v) is 7.47. The lowest BCUT2D eigenvalue weighted by Crippen LogP contribution is -2.45. The summed E-state index contributed by atoms with van der Waals surface area (Å²) < 4.78 is 10.8. The van der Waals surface area contributed by atoms with E-state index in [-0.39, 0.29) is 30.3 Å². The Morgan fingerprint density at radius 2 is 1.68 bits per heavy atom. The Morgan fingerprint density at radius 3 is 2.34 bits per heavy atom. The highest BCUT2D eigenvalue weighted by Gasteiger charge is 2.28. The average Bonchev–Trinajstić information content (AvgIpc) is 3.26. The summed E-state index contributed by atoms with van der Waals surface area (Å²) in [6.07, 6.45) is 1.21. The molecule has 1 saturated heterocycles. The second-order valence-electron chi connectivity index (χ2n) is 10.8. The van der Waals surface area contributed by atoms with E-state index in [2.05, 4.69) is 15.1 Å².